The molecule has 30 heavy (non-hydrogen) atoms. The molecule has 0 spiro atoms. The first kappa shape index (κ1) is 22.5. The van der Waals surface area contributed by atoms with Gasteiger partial charge >= 0.3 is 0 Å². The number of piperazine rings is 1. The number of carbonyl (C=O) groups is 1. The van der Waals surface area contributed by atoms with Gasteiger partial charge in [-0.05, 0) is 35.4 Å². The minimum absolute atomic E-state index is 0.0942. The lowest BCUT2D eigenvalue weighted by atomic mass is 9.91. The molecule has 0 bridgehead atoms. The van der Waals surface area contributed by atoms with Crippen LogP contribution in [0.2, 0.25) is 0 Å². The lowest BCUT2D eigenvalue weighted by Crippen LogP contribution is -2.51. The van der Waals surface area contributed by atoms with Crippen molar-refractivity contribution in [3.8, 4) is 5.75 Å². The van der Waals surface area contributed by atoms with Crippen LogP contribution in [0.1, 0.15) is 73.5 Å². The smallest absolute Gasteiger partial charge is 0.179 e. The second-order valence-corrected chi connectivity index (χ2v) is 9.15. The van der Waals surface area contributed by atoms with Gasteiger partial charge in [0.15, 0.2) is 5.78 Å². The molecule has 162 valence electrons. The number of ketones is 1. The highest BCUT2D eigenvalue weighted by atomic mass is 16.3. The van der Waals surface area contributed by atoms with Crippen LogP contribution in [0, 0.1) is 0 Å². The van der Waals surface area contributed by atoms with Crippen LogP contribution < -0.4 is 0 Å². The Kier molecular flexibility index (Phi) is 7.32. The van der Waals surface area contributed by atoms with Gasteiger partial charge in [-0.2, -0.15) is 0 Å². The Labute approximate surface area is 181 Å². The fourth-order valence-corrected chi connectivity index (χ4v) is 4.29. The van der Waals surface area contributed by atoms with Crippen molar-refractivity contribution in [1.82, 2.24) is 9.80 Å². The first-order valence-corrected chi connectivity index (χ1v) is 11.2. The highest BCUT2D eigenvalue weighted by Gasteiger charge is 2.26. The number of hydrogen-bond donors (Lipinski definition) is 1. The van der Waals surface area contributed by atoms with E-state index in [1.807, 2.05) is 37.3 Å². The molecule has 3 rings (SSSR count). The van der Waals surface area contributed by atoms with Gasteiger partial charge in [-0.25, -0.2) is 0 Å². The Hall–Kier alpha value is -2.17. The molecule has 2 aromatic rings. The summed E-state index contributed by atoms with van der Waals surface area (Å²) in [6.45, 7) is 15.1. The van der Waals surface area contributed by atoms with E-state index >= 15 is 0 Å². The zero-order valence-corrected chi connectivity index (χ0v) is 19.1. The fourth-order valence-electron chi connectivity index (χ4n) is 4.29. The summed E-state index contributed by atoms with van der Waals surface area (Å²) >= 11 is 0. The SMILES string of the molecule is CC(C)c1cc(CN2CCN(C(C)C(=O)c3ccccc3)CC2)cc(C(C)C)c1O. The van der Waals surface area contributed by atoms with Gasteiger partial charge in [0.25, 0.3) is 0 Å². The van der Waals surface area contributed by atoms with Crippen molar-refractivity contribution in [1.29, 1.82) is 0 Å². The summed E-state index contributed by atoms with van der Waals surface area (Å²) in [5, 5.41) is 10.6. The van der Waals surface area contributed by atoms with E-state index in [2.05, 4.69) is 49.6 Å². The number of benzene rings is 2. The standard InChI is InChI=1S/C26H36N2O2/c1-18(2)23-15-21(16-24(19(3)4)26(23)30)17-27-11-13-28(14-12-27)20(5)25(29)22-9-7-6-8-10-22/h6-10,15-16,18-20,30H,11-14,17H2,1-5H3. The maximum absolute atomic E-state index is 12.8. The van der Waals surface area contributed by atoms with E-state index in [4.69, 9.17) is 0 Å². The van der Waals surface area contributed by atoms with Gasteiger partial charge in [-0.3, -0.25) is 14.6 Å². The van der Waals surface area contributed by atoms with Gasteiger partial charge in [0.1, 0.15) is 5.75 Å². The minimum atomic E-state index is -0.0942. The summed E-state index contributed by atoms with van der Waals surface area (Å²) in [5.41, 5.74) is 4.13. The van der Waals surface area contributed by atoms with Crippen LogP contribution in [0.5, 0.6) is 5.75 Å². The normalized spacial score (nSPS) is 16.9. The van der Waals surface area contributed by atoms with Crippen LogP contribution in [0.25, 0.3) is 0 Å². The number of rotatable bonds is 7. The maximum Gasteiger partial charge on any atom is 0.179 e. The second-order valence-electron chi connectivity index (χ2n) is 9.15. The molecule has 1 N–H and O–H groups in total. The van der Waals surface area contributed by atoms with Crippen molar-refractivity contribution in [2.24, 2.45) is 0 Å². The van der Waals surface area contributed by atoms with E-state index in [-0.39, 0.29) is 11.8 Å². The van der Waals surface area contributed by atoms with Gasteiger partial charge in [-0.1, -0.05) is 70.2 Å². The molecule has 1 heterocycles. The molecule has 1 saturated heterocycles. The van der Waals surface area contributed by atoms with Crippen LogP contribution in [0.4, 0.5) is 0 Å². The molecule has 0 aromatic heterocycles. The molecule has 2 aromatic carbocycles. The summed E-state index contributed by atoms with van der Waals surface area (Å²) in [4.78, 5) is 17.5. The maximum atomic E-state index is 12.8. The number of nitrogens with zero attached hydrogens (tertiary/aromatic N) is 2. The Morgan fingerprint density at radius 2 is 1.43 bits per heavy atom. The molecule has 4 heteroatoms. The van der Waals surface area contributed by atoms with E-state index in [0.29, 0.717) is 17.6 Å². The summed E-state index contributed by atoms with van der Waals surface area (Å²) in [5.74, 6) is 1.25. The van der Waals surface area contributed by atoms with Crippen molar-refractivity contribution in [3.05, 3.63) is 64.7 Å². The van der Waals surface area contributed by atoms with Gasteiger partial charge in [-0.15, -0.1) is 0 Å². The molecule has 1 atom stereocenters. The summed E-state index contributed by atoms with van der Waals surface area (Å²) < 4.78 is 0. The number of aromatic hydroxyl groups is 1. The van der Waals surface area contributed by atoms with Crippen LogP contribution in [-0.4, -0.2) is 52.9 Å². The van der Waals surface area contributed by atoms with Crippen LogP contribution in [0.15, 0.2) is 42.5 Å². The zero-order chi connectivity index (χ0) is 21.8. The number of hydrogen-bond acceptors (Lipinski definition) is 4. The second kappa shape index (κ2) is 9.76. The Morgan fingerprint density at radius 3 is 1.93 bits per heavy atom. The molecule has 0 radical (unpaired) electrons. The van der Waals surface area contributed by atoms with Gasteiger partial charge < -0.3 is 5.11 Å². The average molecular weight is 409 g/mol. The fraction of sp³-hybridized carbons (Fsp3) is 0.500. The Bertz CT molecular complexity index is 824. The summed E-state index contributed by atoms with van der Waals surface area (Å²) in [6.07, 6.45) is 0. The van der Waals surface area contributed by atoms with E-state index in [0.717, 1.165) is 49.4 Å². The molecule has 1 fully saturated rings. The van der Waals surface area contributed by atoms with Crippen molar-refractivity contribution in [3.63, 3.8) is 0 Å². The van der Waals surface area contributed by atoms with Crippen molar-refractivity contribution in [2.45, 2.75) is 59.0 Å². The Balaban J connectivity index is 1.64. The third-order valence-electron chi connectivity index (χ3n) is 6.27. The van der Waals surface area contributed by atoms with E-state index in [1.165, 1.54) is 5.56 Å². The van der Waals surface area contributed by atoms with Crippen LogP contribution >= 0.6 is 0 Å². The predicted molar refractivity (Wildman–Crippen MR) is 123 cm³/mol. The monoisotopic (exact) mass is 408 g/mol. The molecule has 0 amide bonds. The third kappa shape index (κ3) is 5.11. The topological polar surface area (TPSA) is 43.8 Å². The molecule has 0 aliphatic carbocycles. The molecule has 4 nitrogen and oxygen atoms in total. The van der Waals surface area contributed by atoms with Gasteiger partial charge in [0.2, 0.25) is 0 Å². The minimum Gasteiger partial charge on any atom is -0.507 e. The van der Waals surface area contributed by atoms with Gasteiger partial charge in [0, 0.05) is 38.3 Å². The predicted octanol–water partition coefficient (Wildman–Crippen LogP) is 5.03. The lowest BCUT2D eigenvalue weighted by molar-refractivity contribution is 0.0687. The number of carbonyl (C=O) groups excluding carboxylic acids is 1. The highest BCUT2D eigenvalue weighted by molar-refractivity contribution is 5.99. The van der Waals surface area contributed by atoms with Crippen molar-refractivity contribution in [2.75, 3.05) is 26.2 Å². The molecular weight excluding hydrogens is 372 g/mol. The van der Waals surface area contributed by atoms with Gasteiger partial charge in [0.05, 0.1) is 6.04 Å². The molecular formula is C26H36N2O2. The molecule has 1 aliphatic heterocycles. The Morgan fingerprint density at radius 1 is 0.900 bits per heavy atom. The average Bonchev–Trinajstić information content (AvgIpc) is 2.74. The van der Waals surface area contributed by atoms with Crippen LogP contribution in [-0.2, 0) is 6.54 Å². The number of phenolic OH excluding ortho intramolecular Hbond substituents is 1. The van der Waals surface area contributed by atoms with E-state index in [1.54, 1.807) is 0 Å². The van der Waals surface area contributed by atoms with E-state index < -0.39 is 0 Å². The van der Waals surface area contributed by atoms with E-state index in [9.17, 15) is 9.90 Å². The summed E-state index contributed by atoms with van der Waals surface area (Å²) in [6, 6.07) is 13.8. The third-order valence-corrected chi connectivity index (χ3v) is 6.27. The van der Waals surface area contributed by atoms with Crippen molar-refractivity contribution < 1.29 is 9.90 Å². The molecule has 0 saturated carbocycles. The lowest BCUT2D eigenvalue weighted by Gasteiger charge is -2.37. The largest absolute Gasteiger partial charge is 0.507 e. The number of phenols is 1. The first-order valence-electron chi connectivity index (χ1n) is 11.2. The summed E-state index contributed by atoms with van der Waals surface area (Å²) in [7, 11) is 0. The quantitative estimate of drug-likeness (QED) is 0.653. The molecule has 1 unspecified atom stereocenters. The first-order chi connectivity index (χ1) is 14.3. The van der Waals surface area contributed by atoms with Crippen molar-refractivity contribution >= 4 is 5.78 Å². The zero-order valence-electron chi connectivity index (χ0n) is 19.1. The molecule has 1 aliphatic rings. The number of Topliss-reactive ketones (excluding diaryl/α,β-unsaturated/α-hetero) is 1. The van der Waals surface area contributed by atoms with Crippen LogP contribution in [0.3, 0.4) is 0 Å². The highest BCUT2D eigenvalue weighted by Crippen LogP contribution is 2.35.